The summed E-state index contributed by atoms with van der Waals surface area (Å²) in [5.74, 6) is -0.925. The van der Waals surface area contributed by atoms with Crippen LogP contribution in [0.3, 0.4) is 0 Å². The molecule has 5 heteroatoms. The first-order valence-electron chi connectivity index (χ1n) is 4.37. The zero-order valence-electron chi connectivity index (χ0n) is 7.24. The lowest BCUT2D eigenvalue weighted by atomic mass is 9.76. The fourth-order valence-corrected chi connectivity index (χ4v) is 1.79. The maximum Gasteiger partial charge on any atom is 0.106 e. The summed E-state index contributed by atoms with van der Waals surface area (Å²) in [5.41, 5.74) is 0. The lowest BCUT2D eigenvalue weighted by Crippen LogP contribution is -2.52. The van der Waals surface area contributed by atoms with E-state index in [0.717, 1.165) is 0 Å². The molecule has 0 aromatic rings. The number of aliphatic hydroxyl groups is 5. The van der Waals surface area contributed by atoms with Crippen molar-refractivity contribution in [3.8, 4) is 0 Å². The molecular weight excluding hydrogens is 176 g/mol. The van der Waals surface area contributed by atoms with E-state index in [1.54, 1.807) is 0 Å². The molecule has 78 valence electrons. The molecule has 0 aliphatic heterocycles. The predicted molar refractivity (Wildman–Crippen MR) is 43.8 cm³/mol. The fourth-order valence-electron chi connectivity index (χ4n) is 1.79. The van der Waals surface area contributed by atoms with Gasteiger partial charge in [-0.2, -0.15) is 0 Å². The molecule has 0 aromatic heterocycles. The Labute approximate surface area is 76.3 Å². The lowest BCUT2D eigenvalue weighted by Gasteiger charge is -2.39. The van der Waals surface area contributed by atoms with E-state index in [2.05, 4.69) is 0 Å². The number of aliphatic hydroxyl groups excluding tert-OH is 5. The van der Waals surface area contributed by atoms with Gasteiger partial charge in [-0.3, -0.25) is 0 Å². The molecule has 0 heterocycles. The van der Waals surface area contributed by atoms with Gasteiger partial charge in [-0.1, -0.05) is 0 Å². The molecule has 13 heavy (non-hydrogen) atoms. The van der Waals surface area contributed by atoms with Gasteiger partial charge in [-0.15, -0.1) is 0 Å². The van der Waals surface area contributed by atoms with E-state index in [9.17, 15) is 15.3 Å². The quantitative estimate of drug-likeness (QED) is 0.338. The van der Waals surface area contributed by atoms with E-state index in [4.69, 9.17) is 10.2 Å². The molecule has 0 spiro atoms. The lowest BCUT2D eigenvalue weighted by molar-refractivity contribution is -0.148. The van der Waals surface area contributed by atoms with Crippen LogP contribution in [0.2, 0.25) is 0 Å². The second kappa shape index (κ2) is 4.34. The van der Waals surface area contributed by atoms with Gasteiger partial charge in [0.05, 0.1) is 12.2 Å². The monoisotopic (exact) mass is 192 g/mol. The average molecular weight is 192 g/mol. The summed E-state index contributed by atoms with van der Waals surface area (Å²) in [6, 6.07) is 0. The van der Waals surface area contributed by atoms with Crippen molar-refractivity contribution in [1.29, 1.82) is 0 Å². The van der Waals surface area contributed by atoms with Crippen LogP contribution in [0.25, 0.3) is 0 Å². The molecule has 0 saturated heterocycles. The largest absolute Gasteiger partial charge is 0.396 e. The summed E-state index contributed by atoms with van der Waals surface area (Å²) in [6.07, 6.45) is -3.17. The average Bonchev–Trinajstić information content (AvgIpc) is 2.15. The van der Waals surface area contributed by atoms with Crippen LogP contribution in [-0.2, 0) is 0 Å². The third kappa shape index (κ3) is 2.00. The Bertz CT molecular complexity index is 143. The summed E-state index contributed by atoms with van der Waals surface area (Å²) in [4.78, 5) is 0. The maximum absolute atomic E-state index is 9.37. The van der Waals surface area contributed by atoms with Crippen LogP contribution in [0.15, 0.2) is 0 Å². The molecular formula is C8H16O5. The Hall–Kier alpha value is -0.200. The molecule has 5 atom stereocenters. The summed E-state index contributed by atoms with van der Waals surface area (Å²) in [5, 5.41) is 45.8. The SMILES string of the molecule is OC[C@@H]1C[C@H](CO)[C@H](O)C(O)[C@H]1O. The van der Waals surface area contributed by atoms with Gasteiger partial charge < -0.3 is 25.5 Å². The summed E-state index contributed by atoms with van der Waals surface area (Å²) < 4.78 is 0. The van der Waals surface area contributed by atoms with Crippen LogP contribution in [0.5, 0.6) is 0 Å². The smallest absolute Gasteiger partial charge is 0.106 e. The van der Waals surface area contributed by atoms with Crippen molar-refractivity contribution in [2.45, 2.75) is 24.7 Å². The highest BCUT2D eigenvalue weighted by Gasteiger charge is 2.41. The minimum atomic E-state index is -1.27. The first-order chi connectivity index (χ1) is 6.11. The zero-order chi connectivity index (χ0) is 10.0. The number of hydrogen-bond donors (Lipinski definition) is 5. The van der Waals surface area contributed by atoms with Gasteiger partial charge in [0.15, 0.2) is 0 Å². The Kier molecular flexibility index (Phi) is 3.63. The van der Waals surface area contributed by atoms with Gasteiger partial charge in [-0.05, 0) is 6.42 Å². The Morgan fingerprint density at radius 1 is 0.769 bits per heavy atom. The van der Waals surface area contributed by atoms with Crippen molar-refractivity contribution < 1.29 is 25.5 Å². The predicted octanol–water partition coefficient (Wildman–Crippen LogP) is -2.31. The van der Waals surface area contributed by atoms with E-state index < -0.39 is 30.1 Å². The minimum Gasteiger partial charge on any atom is -0.396 e. The van der Waals surface area contributed by atoms with Gasteiger partial charge in [0, 0.05) is 25.0 Å². The van der Waals surface area contributed by atoms with E-state index in [0.29, 0.717) is 6.42 Å². The first-order valence-corrected chi connectivity index (χ1v) is 4.37. The molecule has 1 aliphatic rings. The summed E-state index contributed by atoms with van der Waals surface area (Å²) >= 11 is 0. The third-order valence-corrected chi connectivity index (χ3v) is 2.74. The van der Waals surface area contributed by atoms with Gasteiger partial charge in [0.1, 0.15) is 6.10 Å². The number of hydrogen-bond acceptors (Lipinski definition) is 5. The number of rotatable bonds is 2. The van der Waals surface area contributed by atoms with Crippen molar-refractivity contribution >= 4 is 0 Å². The van der Waals surface area contributed by atoms with Gasteiger partial charge in [0.2, 0.25) is 0 Å². The van der Waals surface area contributed by atoms with E-state index >= 15 is 0 Å². The van der Waals surface area contributed by atoms with Crippen molar-refractivity contribution in [3.05, 3.63) is 0 Å². The molecule has 5 N–H and O–H groups in total. The van der Waals surface area contributed by atoms with Crippen molar-refractivity contribution in [2.24, 2.45) is 11.8 Å². The van der Waals surface area contributed by atoms with Crippen LogP contribution in [0, 0.1) is 11.8 Å². The van der Waals surface area contributed by atoms with Crippen LogP contribution >= 0.6 is 0 Å². The Morgan fingerprint density at radius 3 is 1.46 bits per heavy atom. The van der Waals surface area contributed by atoms with Crippen LogP contribution in [0.1, 0.15) is 6.42 Å². The van der Waals surface area contributed by atoms with Crippen LogP contribution < -0.4 is 0 Å². The highest BCUT2D eigenvalue weighted by Crippen LogP contribution is 2.29. The molecule has 1 aliphatic carbocycles. The highest BCUT2D eigenvalue weighted by molar-refractivity contribution is 4.91. The molecule has 1 fully saturated rings. The molecule has 0 radical (unpaired) electrons. The normalized spacial score (nSPS) is 46.4. The van der Waals surface area contributed by atoms with E-state index in [-0.39, 0.29) is 13.2 Å². The van der Waals surface area contributed by atoms with E-state index in [1.165, 1.54) is 0 Å². The zero-order valence-corrected chi connectivity index (χ0v) is 7.24. The molecule has 1 unspecified atom stereocenters. The van der Waals surface area contributed by atoms with Gasteiger partial charge in [-0.25, -0.2) is 0 Å². The molecule has 0 bridgehead atoms. The molecule has 5 nitrogen and oxygen atoms in total. The fraction of sp³-hybridized carbons (Fsp3) is 1.00. The topological polar surface area (TPSA) is 101 Å². The van der Waals surface area contributed by atoms with Crippen molar-refractivity contribution in [3.63, 3.8) is 0 Å². The van der Waals surface area contributed by atoms with Crippen LogP contribution in [0.4, 0.5) is 0 Å². The van der Waals surface area contributed by atoms with Gasteiger partial charge >= 0.3 is 0 Å². The Morgan fingerprint density at radius 2 is 1.15 bits per heavy atom. The second-order valence-corrected chi connectivity index (χ2v) is 3.59. The second-order valence-electron chi connectivity index (χ2n) is 3.59. The van der Waals surface area contributed by atoms with Crippen molar-refractivity contribution in [2.75, 3.05) is 13.2 Å². The molecule has 1 rings (SSSR count). The maximum atomic E-state index is 9.37. The molecule has 1 saturated carbocycles. The standard InChI is InChI=1S/C8H16O5/c9-2-4-1-5(3-10)7(12)8(13)6(4)11/h4-13H,1-3H2/t4-,5+,6-,7-,8?/m0/s1. The van der Waals surface area contributed by atoms with E-state index in [1.807, 2.05) is 0 Å². The van der Waals surface area contributed by atoms with Crippen LogP contribution in [-0.4, -0.2) is 57.1 Å². The van der Waals surface area contributed by atoms with Gasteiger partial charge in [0.25, 0.3) is 0 Å². The summed E-state index contributed by atoms with van der Waals surface area (Å²) in [6.45, 7) is -0.497. The Balaban J connectivity index is 2.66. The third-order valence-electron chi connectivity index (χ3n) is 2.74. The highest BCUT2D eigenvalue weighted by atomic mass is 16.4. The van der Waals surface area contributed by atoms with Crippen molar-refractivity contribution in [1.82, 2.24) is 0 Å². The molecule has 0 amide bonds. The first kappa shape index (κ1) is 10.9. The summed E-state index contributed by atoms with van der Waals surface area (Å²) in [7, 11) is 0. The molecule has 0 aromatic carbocycles. The minimum absolute atomic E-state index is 0.249.